The zero-order valence-corrected chi connectivity index (χ0v) is 12.9. The quantitative estimate of drug-likeness (QED) is 0.529. The topological polar surface area (TPSA) is 34.9 Å². The zero-order chi connectivity index (χ0) is 16.0. The molecular weight excluding hydrogens is 281 g/mol. The number of aryl methyl sites for hydroxylation is 2. The van der Waals surface area contributed by atoms with Crippen molar-refractivity contribution in [2.75, 3.05) is 0 Å². The third-order valence-electron chi connectivity index (χ3n) is 3.51. The molecule has 0 atom stereocenters. The van der Waals surface area contributed by atoms with Crippen molar-refractivity contribution in [1.82, 2.24) is 9.78 Å². The van der Waals surface area contributed by atoms with Crippen molar-refractivity contribution in [1.29, 1.82) is 0 Å². The van der Waals surface area contributed by atoms with E-state index in [0.717, 1.165) is 25.7 Å². The van der Waals surface area contributed by atoms with E-state index in [1.165, 1.54) is 0 Å². The highest BCUT2D eigenvalue weighted by atomic mass is 19.4. The second kappa shape index (κ2) is 7.61. The number of hydrogen-bond acceptors (Lipinski definition) is 2. The molecule has 1 aromatic heterocycles. The van der Waals surface area contributed by atoms with Gasteiger partial charge < -0.3 is 0 Å². The van der Waals surface area contributed by atoms with E-state index < -0.39 is 12.0 Å². The van der Waals surface area contributed by atoms with Crippen LogP contribution in [-0.4, -0.2) is 21.7 Å². The van der Waals surface area contributed by atoms with Gasteiger partial charge in [-0.15, -0.1) is 0 Å². The summed E-state index contributed by atoms with van der Waals surface area (Å²) in [4.78, 5) is 11.6. The lowest BCUT2D eigenvalue weighted by atomic mass is 10.0. The molecule has 0 radical (unpaired) electrons. The van der Waals surface area contributed by atoms with Crippen LogP contribution in [-0.2, 0) is 19.4 Å². The molecule has 0 saturated heterocycles. The maximum Gasteiger partial charge on any atom is 0.455 e. The second-order valence-electron chi connectivity index (χ2n) is 5.09. The van der Waals surface area contributed by atoms with E-state index in [4.69, 9.17) is 0 Å². The van der Waals surface area contributed by atoms with Crippen molar-refractivity contribution in [3.05, 3.63) is 17.0 Å². The summed E-state index contributed by atoms with van der Waals surface area (Å²) in [6.07, 6.45) is -0.0712. The number of nitrogens with zero attached hydrogens (tertiary/aromatic N) is 2. The number of carbonyl (C=O) groups excluding carboxylic acids is 1. The van der Waals surface area contributed by atoms with E-state index in [1.807, 2.05) is 0 Å². The van der Waals surface area contributed by atoms with E-state index >= 15 is 0 Å². The number of carbonyl (C=O) groups is 1. The van der Waals surface area contributed by atoms with E-state index in [9.17, 15) is 18.0 Å². The highest BCUT2D eigenvalue weighted by Crippen LogP contribution is 2.27. The van der Waals surface area contributed by atoms with Crippen LogP contribution in [0.2, 0.25) is 0 Å². The standard InChI is InChI=1S/C15H23F3N2O/c1-4-7-8-9-10-20-12(6-3)13(11(5-2)19-20)14(21)15(16,17)18/h4-10H2,1-3H3. The number of Topliss-reactive ketones (excluding diaryl/α,β-unsaturated/α-hetero) is 1. The van der Waals surface area contributed by atoms with Gasteiger partial charge in [0.1, 0.15) is 0 Å². The number of ketones is 1. The first kappa shape index (κ1) is 17.7. The first-order valence-corrected chi connectivity index (χ1v) is 7.56. The van der Waals surface area contributed by atoms with E-state index in [1.54, 1.807) is 18.5 Å². The molecule has 21 heavy (non-hydrogen) atoms. The summed E-state index contributed by atoms with van der Waals surface area (Å²) in [6, 6.07) is 0. The van der Waals surface area contributed by atoms with Gasteiger partial charge in [0.25, 0.3) is 5.78 Å². The zero-order valence-electron chi connectivity index (χ0n) is 12.9. The summed E-state index contributed by atoms with van der Waals surface area (Å²) in [6.45, 7) is 6.14. The van der Waals surface area contributed by atoms with Crippen LogP contribution in [0.15, 0.2) is 0 Å². The average Bonchev–Trinajstić information content (AvgIpc) is 2.79. The molecule has 0 aliphatic rings. The second-order valence-corrected chi connectivity index (χ2v) is 5.09. The van der Waals surface area contributed by atoms with Gasteiger partial charge in [-0.25, -0.2) is 0 Å². The lowest BCUT2D eigenvalue weighted by Crippen LogP contribution is -2.24. The molecule has 0 saturated carbocycles. The fraction of sp³-hybridized carbons (Fsp3) is 0.733. The van der Waals surface area contributed by atoms with Gasteiger partial charge in [-0.1, -0.05) is 40.0 Å². The molecule has 0 unspecified atom stereocenters. The molecular formula is C15H23F3N2O. The number of hydrogen-bond donors (Lipinski definition) is 0. The van der Waals surface area contributed by atoms with Crippen LogP contribution in [0, 0.1) is 0 Å². The van der Waals surface area contributed by atoms with Gasteiger partial charge in [-0.3, -0.25) is 9.48 Å². The Hall–Kier alpha value is -1.33. The summed E-state index contributed by atoms with van der Waals surface area (Å²) in [5.74, 6) is -1.77. The number of rotatable bonds is 8. The monoisotopic (exact) mass is 304 g/mol. The van der Waals surface area contributed by atoms with E-state index in [0.29, 0.717) is 25.1 Å². The third kappa shape index (κ3) is 4.32. The molecule has 0 aliphatic heterocycles. The van der Waals surface area contributed by atoms with Crippen LogP contribution in [0.4, 0.5) is 13.2 Å². The Morgan fingerprint density at radius 3 is 2.24 bits per heavy atom. The number of halogens is 3. The van der Waals surface area contributed by atoms with Crippen molar-refractivity contribution in [2.24, 2.45) is 0 Å². The van der Waals surface area contributed by atoms with Crippen LogP contribution < -0.4 is 0 Å². The highest BCUT2D eigenvalue weighted by molar-refractivity contribution is 6.02. The maximum atomic E-state index is 12.7. The summed E-state index contributed by atoms with van der Waals surface area (Å²) in [5.41, 5.74) is 0.429. The Morgan fingerprint density at radius 2 is 1.76 bits per heavy atom. The van der Waals surface area contributed by atoms with Crippen LogP contribution >= 0.6 is 0 Å². The van der Waals surface area contributed by atoms with Crippen LogP contribution in [0.1, 0.15) is 68.2 Å². The molecule has 0 N–H and O–H groups in total. The highest BCUT2D eigenvalue weighted by Gasteiger charge is 2.42. The van der Waals surface area contributed by atoms with Gasteiger partial charge in [0.2, 0.25) is 0 Å². The minimum Gasteiger partial charge on any atom is -0.284 e. The summed E-state index contributed by atoms with van der Waals surface area (Å²) >= 11 is 0. The normalized spacial score (nSPS) is 11.9. The minimum atomic E-state index is -4.84. The SMILES string of the molecule is CCCCCCn1nc(CC)c(C(=O)C(F)(F)F)c1CC. The number of alkyl halides is 3. The van der Waals surface area contributed by atoms with Gasteiger partial charge in [-0.2, -0.15) is 18.3 Å². The average molecular weight is 304 g/mol. The number of unbranched alkanes of at least 4 members (excludes halogenated alkanes) is 3. The lowest BCUT2D eigenvalue weighted by Gasteiger charge is -2.09. The molecule has 3 nitrogen and oxygen atoms in total. The minimum absolute atomic E-state index is 0.233. The van der Waals surface area contributed by atoms with Gasteiger partial charge in [0.15, 0.2) is 0 Å². The Labute approximate surface area is 123 Å². The lowest BCUT2D eigenvalue weighted by molar-refractivity contribution is -0.0886. The Balaban J connectivity index is 3.07. The van der Waals surface area contributed by atoms with E-state index in [-0.39, 0.29) is 11.3 Å². The molecule has 0 bridgehead atoms. The third-order valence-corrected chi connectivity index (χ3v) is 3.51. The fourth-order valence-electron chi connectivity index (χ4n) is 2.44. The van der Waals surface area contributed by atoms with E-state index in [2.05, 4.69) is 12.0 Å². The molecule has 120 valence electrons. The first-order chi connectivity index (χ1) is 9.86. The van der Waals surface area contributed by atoms with Crippen molar-refractivity contribution >= 4 is 5.78 Å². The molecule has 1 rings (SSSR count). The molecule has 1 heterocycles. The maximum absolute atomic E-state index is 12.7. The molecule has 6 heteroatoms. The van der Waals surface area contributed by atoms with Crippen molar-refractivity contribution in [3.8, 4) is 0 Å². The van der Waals surface area contributed by atoms with Crippen molar-refractivity contribution < 1.29 is 18.0 Å². The predicted molar refractivity (Wildman–Crippen MR) is 75.5 cm³/mol. The molecule has 0 aromatic carbocycles. The molecule has 0 amide bonds. The number of aromatic nitrogens is 2. The van der Waals surface area contributed by atoms with Gasteiger partial charge in [0.05, 0.1) is 11.3 Å². The van der Waals surface area contributed by atoms with Crippen LogP contribution in [0.3, 0.4) is 0 Å². The van der Waals surface area contributed by atoms with Crippen molar-refractivity contribution in [3.63, 3.8) is 0 Å². The first-order valence-electron chi connectivity index (χ1n) is 7.56. The molecule has 0 aliphatic carbocycles. The smallest absolute Gasteiger partial charge is 0.284 e. The largest absolute Gasteiger partial charge is 0.455 e. The molecule has 0 spiro atoms. The van der Waals surface area contributed by atoms with Crippen molar-refractivity contribution in [2.45, 2.75) is 72.0 Å². The predicted octanol–water partition coefficient (Wildman–Crippen LogP) is 4.33. The van der Waals surface area contributed by atoms with Gasteiger partial charge in [0, 0.05) is 12.2 Å². The Bertz CT molecular complexity index is 478. The summed E-state index contributed by atoms with van der Waals surface area (Å²) in [7, 11) is 0. The fourth-order valence-corrected chi connectivity index (χ4v) is 2.44. The summed E-state index contributed by atoms with van der Waals surface area (Å²) in [5, 5.41) is 4.23. The van der Waals surface area contributed by atoms with Gasteiger partial charge in [-0.05, 0) is 19.3 Å². The summed E-state index contributed by atoms with van der Waals surface area (Å²) < 4.78 is 39.8. The van der Waals surface area contributed by atoms with Crippen LogP contribution in [0.5, 0.6) is 0 Å². The Morgan fingerprint density at radius 1 is 1.10 bits per heavy atom. The molecule has 1 aromatic rings. The molecule has 0 fully saturated rings. The van der Waals surface area contributed by atoms with Crippen LogP contribution in [0.25, 0.3) is 0 Å². The Kier molecular flexibility index (Phi) is 6.42. The van der Waals surface area contributed by atoms with Gasteiger partial charge >= 0.3 is 6.18 Å².